The van der Waals surface area contributed by atoms with E-state index in [1.165, 1.54) is 4.90 Å². The largest absolute Gasteiger partial charge is 0.491 e. The second-order valence-electron chi connectivity index (χ2n) is 2.86. The maximum absolute atomic E-state index is 8.55. The molecule has 0 spiro atoms. The molecule has 1 N–H and O–H groups in total. The van der Waals surface area contributed by atoms with Crippen molar-refractivity contribution in [3.8, 4) is 5.75 Å². The number of aliphatic hydroxyl groups is 1. The number of benzene rings is 1. The normalized spacial score (nSPS) is 10.5. The van der Waals surface area contributed by atoms with E-state index in [4.69, 9.17) is 9.84 Å². The van der Waals surface area contributed by atoms with Crippen molar-refractivity contribution in [2.75, 3.05) is 25.7 Å². The molecular weight excluding hydrogens is 184 g/mol. The third-order valence-corrected chi connectivity index (χ3v) is 2.87. The van der Waals surface area contributed by atoms with Crippen LogP contribution >= 0.6 is 0 Å². The summed E-state index contributed by atoms with van der Waals surface area (Å²) in [7, 11) is 0.302. The van der Waals surface area contributed by atoms with Crippen molar-refractivity contribution >= 4 is 10.9 Å². The van der Waals surface area contributed by atoms with E-state index in [2.05, 4.69) is 24.6 Å². The minimum atomic E-state index is 0.0632. The fourth-order valence-electron chi connectivity index (χ4n) is 0.972. The molecule has 0 saturated heterocycles. The van der Waals surface area contributed by atoms with Gasteiger partial charge in [0.1, 0.15) is 24.9 Å². The van der Waals surface area contributed by atoms with Gasteiger partial charge in [-0.05, 0) is 24.3 Å². The van der Waals surface area contributed by atoms with Crippen molar-refractivity contribution < 1.29 is 9.84 Å². The van der Waals surface area contributed by atoms with E-state index < -0.39 is 0 Å². The van der Waals surface area contributed by atoms with Gasteiger partial charge in [0.2, 0.25) is 0 Å². The van der Waals surface area contributed by atoms with E-state index in [-0.39, 0.29) is 6.61 Å². The Morgan fingerprint density at radius 2 is 1.85 bits per heavy atom. The minimum Gasteiger partial charge on any atom is -0.491 e. The van der Waals surface area contributed by atoms with Crippen molar-refractivity contribution in [1.82, 2.24) is 0 Å². The fourth-order valence-corrected chi connectivity index (χ4v) is 1.65. The molecule has 0 unspecified atom stereocenters. The van der Waals surface area contributed by atoms with Crippen LogP contribution in [0.25, 0.3) is 0 Å². The SMILES string of the molecule is C[S+](C)c1ccc(OCCO)cc1. The first-order valence-electron chi connectivity index (χ1n) is 4.15. The Hall–Kier alpha value is -0.670. The van der Waals surface area contributed by atoms with Gasteiger partial charge >= 0.3 is 0 Å². The number of rotatable bonds is 4. The first-order valence-corrected chi connectivity index (χ1v) is 6.19. The van der Waals surface area contributed by atoms with Crippen LogP contribution in [0.2, 0.25) is 0 Å². The van der Waals surface area contributed by atoms with Crippen molar-refractivity contribution in [3.63, 3.8) is 0 Å². The van der Waals surface area contributed by atoms with Gasteiger partial charge in [-0.1, -0.05) is 0 Å². The summed E-state index contributed by atoms with van der Waals surface area (Å²) in [4.78, 5) is 1.33. The second-order valence-corrected chi connectivity index (χ2v) is 4.96. The molecule has 0 aliphatic heterocycles. The summed E-state index contributed by atoms with van der Waals surface area (Å²) in [5.41, 5.74) is 0. The van der Waals surface area contributed by atoms with Crippen LogP contribution in [-0.4, -0.2) is 30.8 Å². The van der Waals surface area contributed by atoms with Crippen LogP contribution in [0.3, 0.4) is 0 Å². The van der Waals surface area contributed by atoms with Crippen LogP contribution in [-0.2, 0) is 10.9 Å². The predicted molar refractivity (Wildman–Crippen MR) is 56.5 cm³/mol. The molecular formula is C10H15O2S+. The molecule has 13 heavy (non-hydrogen) atoms. The highest BCUT2D eigenvalue weighted by Crippen LogP contribution is 2.15. The second kappa shape index (κ2) is 5.14. The summed E-state index contributed by atoms with van der Waals surface area (Å²) in [6.07, 6.45) is 4.37. The Kier molecular flexibility index (Phi) is 4.12. The van der Waals surface area contributed by atoms with Gasteiger partial charge in [0.25, 0.3) is 0 Å². The van der Waals surface area contributed by atoms with E-state index in [1.54, 1.807) is 0 Å². The van der Waals surface area contributed by atoms with Crippen LogP contribution in [0, 0.1) is 0 Å². The first-order chi connectivity index (χ1) is 6.24. The molecule has 0 aliphatic rings. The minimum absolute atomic E-state index is 0.0632. The molecule has 0 aliphatic carbocycles. The topological polar surface area (TPSA) is 29.5 Å². The lowest BCUT2D eigenvalue weighted by Crippen LogP contribution is -2.02. The Balaban J connectivity index is 2.59. The average molecular weight is 199 g/mol. The van der Waals surface area contributed by atoms with Crippen LogP contribution in [0.5, 0.6) is 5.75 Å². The Morgan fingerprint density at radius 1 is 1.23 bits per heavy atom. The third-order valence-electron chi connectivity index (χ3n) is 1.66. The summed E-state index contributed by atoms with van der Waals surface area (Å²) in [5, 5.41) is 8.55. The lowest BCUT2D eigenvalue weighted by Gasteiger charge is -2.03. The number of hydrogen-bond acceptors (Lipinski definition) is 2. The number of hydrogen-bond donors (Lipinski definition) is 1. The van der Waals surface area contributed by atoms with Gasteiger partial charge in [0.15, 0.2) is 4.90 Å². The van der Waals surface area contributed by atoms with E-state index in [0.29, 0.717) is 17.5 Å². The maximum Gasteiger partial charge on any atom is 0.154 e. The lowest BCUT2D eigenvalue weighted by molar-refractivity contribution is 0.201. The summed E-state index contributed by atoms with van der Waals surface area (Å²) >= 11 is 0. The molecule has 0 atom stereocenters. The van der Waals surface area contributed by atoms with Gasteiger partial charge in [-0.15, -0.1) is 0 Å². The predicted octanol–water partition coefficient (Wildman–Crippen LogP) is 1.29. The zero-order valence-corrected chi connectivity index (χ0v) is 8.80. The molecule has 0 bridgehead atoms. The van der Waals surface area contributed by atoms with E-state index in [0.717, 1.165) is 5.75 Å². The number of ether oxygens (including phenoxy) is 1. The highest BCUT2D eigenvalue weighted by Gasteiger charge is 2.06. The fraction of sp³-hybridized carbons (Fsp3) is 0.400. The van der Waals surface area contributed by atoms with Crippen LogP contribution < -0.4 is 4.74 Å². The molecule has 0 fully saturated rings. The molecule has 0 saturated carbocycles. The zero-order valence-electron chi connectivity index (χ0n) is 7.99. The van der Waals surface area contributed by atoms with E-state index in [1.807, 2.05) is 12.1 Å². The lowest BCUT2D eigenvalue weighted by atomic mass is 10.3. The van der Waals surface area contributed by atoms with Gasteiger partial charge in [-0.2, -0.15) is 0 Å². The molecule has 0 heterocycles. The van der Waals surface area contributed by atoms with Gasteiger partial charge < -0.3 is 9.84 Å². The number of aliphatic hydroxyl groups excluding tert-OH is 1. The molecule has 0 aromatic heterocycles. The van der Waals surface area contributed by atoms with Crippen LogP contribution in [0.15, 0.2) is 29.2 Å². The van der Waals surface area contributed by atoms with Crippen molar-refractivity contribution in [2.24, 2.45) is 0 Å². The highest BCUT2D eigenvalue weighted by molar-refractivity contribution is 7.95. The summed E-state index contributed by atoms with van der Waals surface area (Å²) in [6.45, 7) is 0.428. The average Bonchev–Trinajstić information content (AvgIpc) is 2.15. The van der Waals surface area contributed by atoms with Gasteiger partial charge in [-0.3, -0.25) is 0 Å². The van der Waals surface area contributed by atoms with Crippen LogP contribution in [0.4, 0.5) is 0 Å². The summed E-state index contributed by atoms with van der Waals surface area (Å²) in [6, 6.07) is 8.02. The molecule has 1 aromatic carbocycles. The van der Waals surface area contributed by atoms with E-state index in [9.17, 15) is 0 Å². The Bertz CT molecular complexity index is 244. The smallest absolute Gasteiger partial charge is 0.154 e. The van der Waals surface area contributed by atoms with Crippen molar-refractivity contribution in [3.05, 3.63) is 24.3 Å². The first kappa shape index (κ1) is 10.4. The summed E-state index contributed by atoms with van der Waals surface area (Å²) in [5.74, 6) is 0.822. The van der Waals surface area contributed by atoms with Gasteiger partial charge in [0.05, 0.1) is 6.61 Å². The molecule has 1 aromatic rings. The third kappa shape index (κ3) is 3.28. The molecule has 3 heteroatoms. The monoisotopic (exact) mass is 199 g/mol. The molecule has 72 valence electrons. The standard InChI is InChI=1S/C10H15O2S/c1-13(2)10-5-3-9(4-6-10)12-8-7-11/h3-6,11H,7-8H2,1-2H3/q+1. The summed E-state index contributed by atoms with van der Waals surface area (Å²) < 4.78 is 5.24. The molecule has 0 amide bonds. The van der Waals surface area contributed by atoms with Crippen molar-refractivity contribution in [2.45, 2.75) is 4.90 Å². The zero-order chi connectivity index (χ0) is 9.68. The molecule has 2 nitrogen and oxygen atoms in total. The quantitative estimate of drug-likeness (QED) is 0.741. The van der Waals surface area contributed by atoms with Gasteiger partial charge in [0, 0.05) is 10.9 Å². The van der Waals surface area contributed by atoms with Crippen LogP contribution in [0.1, 0.15) is 0 Å². The van der Waals surface area contributed by atoms with E-state index >= 15 is 0 Å². The molecule has 0 radical (unpaired) electrons. The van der Waals surface area contributed by atoms with Crippen molar-refractivity contribution in [1.29, 1.82) is 0 Å². The maximum atomic E-state index is 8.55. The highest BCUT2D eigenvalue weighted by atomic mass is 32.2. The Labute approximate surface area is 81.9 Å². The molecule has 1 rings (SSSR count). The van der Waals surface area contributed by atoms with Gasteiger partial charge in [-0.25, -0.2) is 0 Å². The Morgan fingerprint density at radius 3 is 2.31 bits per heavy atom.